The van der Waals surface area contributed by atoms with Crippen LogP contribution in [0.3, 0.4) is 0 Å². The van der Waals surface area contributed by atoms with Crippen molar-refractivity contribution >= 4 is 22.0 Å². The molecule has 8 nitrogen and oxygen atoms in total. The summed E-state index contributed by atoms with van der Waals surface area (Å²) in [6.07, 6.45) is -7.67. The van der Waals surface area contributed by atoms with Crippen molar-refractivity contribution in [2.75, 3.05) is 13.2 Å². The molecule has 0 radical (unpaired) electrons. The quantitative estimate of drug-likeness (QED) is 0.193. The number of halogens is 5. The number of carbonyl (C=O) groups is 2. The van der Waals surface area contributed by atoms with E-state index in [-0.39, 0.29) is 6.54 Å². The standard InChI is InChI=1S/C12H16F5NO7S/c1-4-18-9(20)11(12(15,16)17,25-8(19)7(2)3)24-6-5-10(13,14)26(21,22)23/h2,4-6H2,1,3H3,(H,18,20)(H,21,22,23). The molecule has 0 aliphatic rings. The summed E-state index contributed by atoms with van der Waals surface area (Å²) in [5.41, 5.74) is -0.560. The summed E-state index contributed by atoms with van der Waals surface area (Å²) in [4.78, 5) is 23.3. The van der Waals surface area contributed by atoms with Gasteiger partial charge in [-0.2, -0.15) is 30.4 Å². The molecule has 14 heteroatoms. The van der Waals surface area contributed by atoms with Gasteiger partial charge in [-0.1, -0.05) is 6.58 Å². The summed E-state index contributed by atoms with van der Waals surface area (Å²) in [6.45, 7) is 3.10. The van der Waals surface area contributed by atoms with Gasteiger partial charge in [0.05, 0.1) is 13.0 Å². The zero-order valence-corrected chi connectivity index (χ0v) is 14.3. The average molecular weight is 413 g/mol. The molecule has 1 amide bonds. The predicted molar refractivity (Wildman–Crippen MR) is 75.4 cm³/mol. The molecule has 0 heterocycles. The summed E-state index contributed by atoms with van der Waals surface area (Å²) in [5.74, 6) is -8.07. The van der Waals surface area contributed by atoms with Gasteiger partial charge in [-0.15, -0.1) is 0 Å². The van der Waals surface area contributed by atoms with Crippen LogP contribution in [0, 0.1) is 0 Å². The molecule has 0 rings (SSSR count). The molecular weight excluding hydrogens is 397 g/mol. The molecule has 0 saturated heterocycles. The summed E-state index contributed by atoms with van der Waals surface area (Å²) in [5, 5.41) is -3.19. The largest absolute Gasteiger partial charge is 0.466 e. The SMILES string of the molecule is C=C(C)C(=O)OC(OCCC(F)(F)S(=O)(=O)O)(C(=O)NCC)C(F)(F)F. The molecule has 0 fully saturated rings. The first-order valence-corrected chi connectivity index (χ1v) is 8.18. The minimum absolute atomic E-state index is 0.369. The number of rotatable bonds is 9. The van der Waals surface area contributed by atoms with Crippen LogP contribution in [0.2, 0.25) is 0 Å². The highest BCUT2D eigenvalue weighted by molar-refractivity contribution is 7.86. The Morgan fingerprint density at radius 1 is 1.19 bits per heavy atom. The Morgan fingerprint density at radius 3 is 2.04 bits per heavy atom. The Labute approximate surface area is 145 Å². The lowest BCUT2D eigenvalue weighted by atomic mass is 10.2. The second-order valence-corrected chi connectivity index (χ2v) is 6.40. The van der Waals surface area contributed by atoms with Crippen LogP contribution in [-0.4, -0.2) is 55.2 Å². The summed E-state index contributed by atoms with van der Waals surface area (Å²) in [7, 11) is -5.94. The number of hydrogen-bond acceptors (Lipinski definition) is 6. The van der Waals surface area contributed by atoms with E-state index in [1.54, 1.807) is 5.32 Å². The van der Waals surface area contributed by atoms with Gasteiger partial charge >= 0.3 is 39.2 Å². The molecule has 1 unspecified atom stereocenters. The summed E-state index contributed by atoms with van der Waals surface area (Å²) >= 11 is 0. The van der Waals surface area contributed by atoms with Gasteiger partial charge in [0.2, 0.25) is 0 Å². The number of esters is 1. The van der Waals surface area contributed by atoms with Crippen LogP contribution in [0.15, 0.2) is 12.2 Å². The molecule has 0 aromatic carbocycles. The van der Waals surface area contributed by atoms with E-state index in [1.165, 1.54) is 6.92 Å². The Hall–Kier alpha value is -1.80. The first kappa shape index (κ1) is 24.2. The Bertz CT molecular complexity index is 661. The Morgan fingerprint density at radius 2 is 1.69 bits per heavy atom. The fourth-order valence-corrected chi connectivity index (χ4v) is 1.69. The molecule has 1 atom stereocenters. The normalized spacial score (nSPS) is 15.1. The third-order valence-electron chi connectivity index (χ3n) is 2.67. The maximum Gasteiger partial charge on any atom is 0.466 e. The van der Waals surface area contributed by atoms with Crippen molar-refractivity contribution < 1.29 is 54.0 Å². The number of nitrogens with one attached hydrogen (secondary N) is 1. The van der Waals surface area contributed by atoms with Gasteiger partial charge < -0.3 is 14.8 Å². The van der Waals surface area contributed by atoms with Crippen molar-refractivity contribution in [3.8, 4) is 0 Å². The van der Waals surface area contributed by atoms with E-state index in [0.29, 0.717) is 0 Å². The third-order valence-corrected chi connectivity index (χ3v) is 3.63. The van der Waals surface area contributed by atoms with Crippen LogP contribution >= 0.6 is 0 Å². The Balaban J connectivity index is 5.79. The lowest BCUT2D eigenvalue weighted by molar-refractivity contribution is -0.348. The summed E-state index contributed by atoms with van der Waals surface area (Å²) < 4.78 is 104. The van der Waals surface area contributed by atoms with Crippen molar-refractivity contribution in [2.24, 2.45) is 0 Å². The predicted octanol–water partition coefficient (Wildman–Crippen LogP) is 1.39. The van der Waals surface area contributed by atoms with Crippen LogP contribution in [0.1, 0.15) is 20.3 Å². The van der Waals surface area contributed by atoms with Gasteiger partial charge in [0.15, 0.2) is 0 Å². The van der Waals surface area contributed by atoms with Crippen molar-refractivity contribution in [3.63, 3.8) is 0 Å². The number of alkyl halides is 5. The van der Waals surface area contributed by atoms with Crippen LogP contribution in [0.25, 0.3) is 0 Å². The maximum atomic E-state index is 13.4. The van der Waals surface area contributed by atoms with Gasteiger partial charge in [0, 0.05) is 12.1 Å². The second-order valence-electron chi connectivity index (χ2n) is 4.85. The summed E-state index contributed by atoms with van der Waals surface area (Å²) in [6, 6.07) is 0. The van der Waals surface area contributed by atoms with Crippen LogP contribution in [-0.2, 0) is 29.2 Å². The minimum Gasteiger partial charge on any atom is -0.412 e. The van der Waals surface area contributed by atoms with E-state index in [0.717, 1.165) is 6.92 Å². The van der Waals surface area contributed by atoms with E-state index < -0.39 is 57.8 Å². The molecule has 0 saturated carbocycles. The van der Waals surface area contributed by atoms with Crippen molar-refractivity contribution in [2.45, 2.75) is 37.5 Å². The first-order chi connectivity index (χ1) is 11.5. The molecule has 0 aliphatic carbocycles. The maximum absolute atomic E-state index is 13.4. The zero-order chi connectivity index (χ0) is 21.0. The molecule has 0 aliphatic heterocycles. The topological polar surface area (TPSA) is 119 Å². The molecule has 26 heavy (non-hydrogen) atoms. The van der Waals surface area contributed by atoms with Crippen molar-refractivity contribution in [3.05, 3.63) is 12.2 Å². The zero-order valence-electron chi connectivity index (χ0n) is 13.5. The third kappa shape index (κ3) is 5.60. The lowest BCUT2D eigenvalue weighted by Gasteiger charge is -2.33. The van der Waals surface area contributed by atoms with Gasteiger partial charge in [0.25, 0.3) is 0 Å². The number of amides is 1. The number of likely N-dealkylation sites (N-methyl/N-ethyl adjacent to an activating group) is 1. The number of carbonyl (C=O) groups excluding carboxylic acids is 2. The van der Waals surface area contributed by atoms with E-state index in [9.17, 15) is 40.0 Å². The van der Waals surface area contributed by atoms with Gasteiger partial charge in [-0.25, -0.2) is 4.79 Å². The van der Waals surface area contributed by atoms with E-state index in [2.05, 4.69) is 16.1 Å². The average Bonchev–Trinajstić information content (AvgIpc) is 2.43. The van der Waals surface area contributed by atoms with E-state index in [1.807, 2.05) is 0 Å². The molecule has 2 N–H and O–H groups in total. The Kier molecular flexibility index (Phi) is 7.69. The molecular formula is C12H16F5NO7S. The second kappa shape index (κ2) is 8.26. The lowest BCUT2D eigenvalue weighted by Crippen LogP contribution is -2.61. The molecule has 0 aromatic heterocycles. The molecule has 0 bridgehead atoms. The smallest absolute Gasteiger partial charge is 0.412 e. The fraction of sp³-hybridized carbons (Fsp3) is 0.667. The monoisotopic (exact) mass is 413 g/mol. The fourth-order valence-electron chi connectivity index (χ4n) is 1.35. The van der Waals surface area contributed by atoms with Crippen molar-refractivity contribution in [1.29, 1.82) is 0 Å². The van der Waals surface area contributed by atoms with Gasteiger partial charge in [0.1, 0.15) is 0 Å². The van der Waals surface area contributed by atoms with Gasteiger partial charge in [-0.05, 0) is 13.8 Å². The van der Waals surface area contributed by atoms with Crippen LogP contribution in [0.4, 0.5) is 22.0 Å². The first-order valence-electron chi connectivity index (χ1n) is 6.74. The molecule has 0 aromatic rings. The number of hydrogen-bond donors (Lipinski definition) is 2. The van der Waals surface area contributed by atoms with E-state index in [4.69, 9.17) is 4.55 Å². The highest BCUT2D eigenvalue weighted by Crippen LogP contribution is 2.37. The van der Waals surface area contributed by atoms with Crippen LogP contribution < -0.4 is 5.32 Å². The highest BCUT2D eigenvalue weighted by Gasteiger charge is 2.66. The van der Waals surface area contributed by atoms with Crippen LogP contribution in [0.5, 0.6) is 0 Å². The highest BCUT2D eigenvalue weighted by atomic mass is 32.2. The van der Waals surface area contributed by atoms with E-state index >= 15 is 0 Å². The van der Waals surface area contributed by atoms with Crippen molar-refractivity contribution in [1.82, 2.24) is 5.32 Å². The minimum atomic E-state index is -5.94. The number of ether oxygens (including phenoxy) is 2. The molecule has 0 spiro atoms. The molecule has 152 valence electrons. The van der Waals surface area contributed by atoms with Gasteiger partial charge in [-0.3, -0.25) is 9.35 Å².